The molecule has 1 unspecified atom stereocenters. The van der Waals surface area contributed by atoms with E-state index in [2.05, 4.69) is 10.3 Å². The van der Waals surface area contributed by atoms with Crippen molar-refractivity contribution < 1.29 is 9.84 Å². The molecule has 0 aromatic carbocycles. The molecule has 1 aromatic rings. The summed E-state index contributed by atoms with van der Waals surface area (Å²) < 4.78 is 6.00. The molecule has 1 atom stereocenters. The van der Waals surface area contributed by atoms with Gasteiger partial charge in [-0.05, 0) is 49.5 Å². The van der Waals surface area contributed by atoms with Crippen molar-refractivity contribution in [3.63, 3.8) is 0 Å². The number of nitrogens with one attached hydrogen (secondary N) is 1. The van der Waals surface area contributed by atoms with Crippen LogP contribution in [0.4, 0.5) is 0 Å². The van der Waals surface area contributed by atoms with Crippen LogP contribution >= 0.6 is 0 Å². The number of aromatic nitrogens is 1. The Labute approximate surface area is 119 Å². The summed E-state index contributed by atoms with van der Waals surface area (Å²) in [5.74, 6) is 1.20. The van der Waals surface area contributed by atoms with Gasteiger partial charge in [0.25, 0.3) is 0 Å². The Balaban J connectivity index is 1.46. The number of aliphatic hydroxyl groups excluding tert-OH is 1. The first-order valence-corrected chi connectivity index (χ1v) is 7.75. The first-order chi connectivity index (χ1) is 9.76. The maximum absolute atomic E-state index is 10.6. The van der Waals surface area contributed by atoms with Gasteiger partial charge in [-0.15, -0.1) is 0 Å². The number of hydrogen-bond donors (Lipinski definition) is 2. The summed E-state index contributed by atoms with van der Waals surface area (Å²) in [5.41, 5.74) is 1.37. The van der Waals surface area contributed by atoms with Gasteiger partial charge in [0.15, 0.2) is 0 Å². The van der Waals surface area contributed by atoms with E-state index in [1.54, 1.807) is 12.4 Å². The predicted molar refractivity (Wildman–Crippen MR) is 75.5 cm³/mol. The summed E-state index contributed by atoms with van der Waals surface area (Å²) in [7, 11) is 0. The molecule has 4 rings (SSSR count). The SMILES string of the molecule is OC(c1cnccc1OC1CCC1)C1CC2(CNC2)C1. The molecular formula is C16H22N2O2. The highest BCUT2D eigenvalue weighted by molar-refractivity contribution is 5.33. The third-order valence-corrected chi connectivity index (χ3v) is 5.31. The van der Waals surface area contributed by atoms with E-state index in [4.69, 9.17) is 4.74 Å². The highest BCUT2D eigenvalue weighted by Crippen LogP contribution is 2.53. The van der Waals surface area contributed by atoms with Crippen LogP contribution in [0.5, 0.6) is 5.75 Å². The van der Waals surface area contributed by atoms with E-state index in [1.165, 1.54) is 6.42 Å². The van der Waals surface area contributed by atoms with Crippen molar-refractivity contribution in [3.8, 4) is 5.75 Å². The second-order valence-electron chi connectivity index (χ2n) is 6.80. The van der Waals surface area contributed by atoms with Gasteiger partial charge in [-0.2, -0.15) is 0 Å². The number of hydrogen-bond acceptors (Lipinski definition) is 4. The molecule has 2 N–H and O–H groups in total. The molecule has 3 fully saturated rings. The molecule has 1 aromatic heterocycles. The van der Waals surface area contributed by atoms with Crippen LogP contribution in [-0.4, -0.2) is 29.3 Å². The van der Waals surface area contributed by atoms with Crippen LogP contribution in [0.2, 0.25) is 0 Å². The highest BCUT2D eigenvalue weighted by atomic mass is 16.5. The molecule has 0 radical (unpaired) electrons. The fourth-order valence-electron chi connectivity index (χ4n) is 3.69. The zero-order valence-electron chi connectivity index (χ0n) is 11.7. The number of pyridine rings is 1. The molecule has 20 heavy (non-hydrogen) atoms. The van der Waals surface area contributed by atoms with Crippen molar-refractivity contribution in [1.29, 1.82) is 0 Å². The van der Waals surface area contributed by atoms with E-state index < -0.39 is 6.10 Å². The zero-order valence-corrected chi connectivity index (χ0v) is 11.7. The van der Waals surface area contributed by atoms with Gasteiger partial charge in [-0.3, -0.25) is 4.98 Å². The van der Waals surface area contributed by atoms with Gasteiger partial charge in [0.1, 0.15) is 5.75 Å². The zero-order chi connectivity index (χ0) is 13.6. The van der Waals surface area contributed by atoms with E-state index in [0.29, 0.717) is 17.4 Å². The van der Waals surface area contributed by atoms with E-state index in [9.17, 15) is 5.11 Å². The summed E-state index contributed by atoms with van der Waals surface area (Å²) >= 11 is 0. The largest absolute Gasteiger partial charge is 0.490 e. The van der Waals surface area contributed by atoms with E-state index in [1.807, 2.05) is 6.07 Å². The molecule has 2 saturated carbocycles. The third-order valence-electron chi connectivity index (χ3n) is 5.31. The van der Waals surface area contributed by atoms with Crippen LogP contribution in [0.15, 0.2) is 18.5 Å². The van der Waals surface area contributed by atoms with Gasteiger partial charge in [0, 0.05) is 31.0 Å². The second-order valence-corrected chi connectivity index (χ2v) is 6.80. The summed E-state index contributed by atoms with van der Waals surface area (Å²) in [6.45, 7) is 2.24. The first-order valence-electron chi connectivity index (χ1n) is 7.75. The molecular weight excluding hydrogens is 252 g/mol. The molecule has 4 nitrogen and oxygen atoms in total. The van der Waals surface area contributed by atoms with Gasteiger partial charge in [-0.1, -0.05) is 0 Å². The average molecular weight is 274 g/mol. The summed E-state index contributed by atoms with van der Waals surface area (Å²) in [6, 6.07) is 1.90. The smallest absolute Gasteiger partial charge is 0.128 e. The maximum atomic E-state index is 10.6. The van der Waals surface area contributed by atoms with Crippen LogP contribution < -0.4 is 10.1 Å². The van der Waals surface area contributed by atoms with Gasteiger partial charge in [0.2, 0.25) is 0 Å². The normalized spacial score (nSPS) is 26.4. The molecule has 0 amide bonds. The van der Waals surface area contributed by atoms with E-state index in [-0.39, 0.29) is 0 Å². The minimum absolute atomic E-state index is 0.340. The molecule has 2 aliphatic carbocycles. The Kier molecular flexibility index (Phi) is 2.97. The fraction of sp³-hybridized carbons (Fsp3) is 0.688. The van der Waals surface area contributed by atoms with Gasteiger partial charge >= 0.3 is 0 Å². The third kappa shape index (κ3) is 2.02. The van der Waals surface area contributed by atoms with Crippen molar-refractivity contribution in [2.24, 2.45) is 11.3 Å². The van der Waals surface area contributed by atoms with Crippen molar-refractivity contribution in [2.75, 3.05) is 13.1 Å². The quantitative estimate of drug-likeness (QED) is 0.882. The number of rotatable bonds is 4. The monoisotopic (exact) mass is 274 g/mol. The van der Waals surface area contributed by atoms with E-state index >= 15 is 0 Å². The number of aliphatic hydroxyl groups is 1. The van der Waals surface area contributed by atoms with Crippen LogP contribution in [0.1, 0.15) is 43.8 Å². The Morgan fingerprint density at radius 3 is 2.75 bits per heavy atom. The lowest BCUT2D eigenvalue weighted by atomic mass is 9.56. The minimum Gasteiger partial charge on any atom is -0.490 e. The molecule has 2 heterocycles. The van der Waals surface area contributed by atoms with Gasteiger partial charge in [-0.25, -0.2) is 0 Å². The number of ether oxygens (including phenoxy) is 1. The summed E-state index contributed by atoms with van der Waals surface area (Å²) in [4.78, 5) is 4.18. The lowest BCUT2D eigenvalue weighted by Gasteiger charge is -2.55. The van der Waals surface area contributed by atoms with Crippen molar-refractivity contribution >= 4 is 0 Å². The molecule has 1 spiro atoms. The first kappa shape index (κ1) is 12.6. The average Bonchev–Trinajstić information content (AvgIpc) is 2.30. The van der Waals surface area contributed by atoms with Crippen LogP contribution in [0.25, 0.3) is 0 Å². The van der Waals surface area contributed by atoms with Gasteiger partial charge in [0.05, 0.1) is 12.2 Å². The molecule has 0 bridgehead atoms. The van der Waals surface area contributed by atoms with E-state index in [0.717, 1.165) is 50.1 Å². The molecule has 4 heteroatoms. The molecule has 1 aliphatic heterocycles. The maximum Gasteiger partial charge on any atom is 0.128 e. The van der Waals surface area contributed by atoms with Crippen LogP contribution in [-0.2, 0) is 0 Å². The Hall–Kier alpha value is -1.13. The predicted octanol–water partition coefficient (Wildman–Crippen LogP) is 2.05. The molecule has 1 saturated heterocycles. The Morgan fingerprint density at radius 1 is 1.35 bits per heavy atom. The highest BCUT2D eigenvalue weighted by Gasteiger charge is 2.51. The standard InChI is InChI=1S/C16H22N2O2/c19-15(11-6-16(7-11)9-18-10-16)13-8-17-5-4-14(13)20-12-2-1-3-12/h4-5,8,11-12,15,18-19H,1-3,6-7,9-10H2. The molecule has 3 aliphatic rings. The summed E-state index contributed by atoms with van der Waals surface area (Å²) in [6.07, 6.45) is 9.22. The number of nitrogens with zero attached hydrogens (tertiary/aromatic N) is 1. The fourth-order valence-corrected chi connectivity index (χ4v) is 3.69. The van der Waals surface area contributed by atoms with Crippen molar-refractivity contribution in [3.05, 3.63) is 24.0 Å². The van der Waals surface area contributed by atoms with Crippen molar-refractivity contribution in [1.82, 2.24) is 10.3 Å². The minimum atomic E-state index is -0.426. The van der Waals surface area contributed by atoms with Crippen LogP contribution in [0.3, 0.4) is 0 Å². The topological polar surface area (TPSA) is 54.4 Å². The Bertz CT molecular complexity index is 489. The van der Waals surface area contributed by atoms with Crippen molar-refractivity contribution in [2.45, 2.75) is 44.3 Å². The molecule has 108 valence electrons. The summed E-state index contributed by atoms with van der Waals surface area (Å²) in [5, 5.41) is 14.0. The van der Waals surface area contributed by atoms with Crippen LogP contribution in [0, 0.1) is 11.3 Å². The lowest BCUT2D eigenvalue weighted by molar-refractivity contribution is -0.0653. The second kappa shape index (κ2) is 4.71. The van der Waals surface area contributed by atoms with Gasteiger partial charge < -0.3 is 15.2 Å². The lowest BCUT2D eigenvalue weighted by Crippen LogP contribution is -2.61. The Morgan fingerprint density at radius 2 is 2.15 bits per heavy atom.